The van der Waals surface area contributed by atoms with Crippen molar-refractivity contribution in [1.82, 2.24) is 0 Å². The van der Waals surface area contributed by atoms with E-state index in [0.29, 0.717) is 12.0 Å². The van der Waals surface area contributed by atoms with Crippen LogP contribution < -0.4 is 0 Å². The lowest BCUT2D eigenvalue weighted by atomic mass is 10.0. The molecule has 3 heteroatoms. The number of hydrogen-bond donors (Lipinski definition) is 0. The Balaban J connectivity index is 2.36. The molecule has 0 aliphatic heterocycles. The quantitative estimate of drug-likeness (QED) is 0.481. The van der Waals surface area contributed by atoms with Crippen molar-refractivity contribution >= 4 is 11.6 Å². The lowest BCUT2D eigenvalue weighted by Crippen LogP contribution is -2.04. The predicted molar refractivity (Wildman–Crippen MR) is 84.1 cm³/mol. The molecular weight excluding hydrogens is 285 g/mol. The van der Waals surface area contributed by atoms with Gasteiger partial charge in [-0.3, -0.25) is 0 Å². The highest BCUT2D eigenvalue weighted by Gasteiger charge is 2.29. The minimum atomic E-state index is -4.32. The van der Waals surface area contributed by atoms with Gasteiger partial charge in [-0.05, 0) is 35.8 Å². The molecule has 22 heavy (non-hydrogen) atoms. The van der Waals surface area contributed by atoms with Gasteiger partial charge >= 0.3 is 6.18 Å². The predicted octanol–water partition coefficient (Wildman–Crippen LogP) is 5.98. The summed E-state index contributed by atoms with van der Waals surface area (Å²) in [4.78, 5) is 0. The standard InChI is InChI=1S/C19H15F3/c1-2-6-16(10-9-15-7-4-3-5-8-15)17-11-13-18(14-12-17)19(20,21)22/h2-5,7-9,11-14H,1,6H2. The van der Waals surface area contributed by atoms with E-state index in [1.54, 1.807) is 6.08 Å². The Labute approximate surface area is 127 Å². The molecule has 0 saturated heterocycles. The summed E-state index contributed by atoms with van der Waals surface area (Å²) in [6, 6.07) is 14.7. The first-order valence-corrected chi connectivity index (χ1v) is 6.80. The van der Waals surface area contributed by atoms with Crippen molar-refractivity contribution in [2.75, 3.05) is 0 Å². The molecule has 0 aliphatic rings. The maximum Gasteiger partial charge on any atom is 0.416 e. The average molecular weight is 300 g/mol. The Morgan fingerprint density at radius 2 is 1.64 bits per heavy atom. The van der Waals surface area contributed by atoms with E-state index in [-0.39, 0.29) is 0 Å². The van der Waals surface area contributed by atoms with Gasteiger partial charge in [0.15, 0.2) is 0 Å². The van der Waals surface area contributed by atoms with Gasteiger partial charge in [-0.1, -0.05) is 48.5 Å². The molecule has 0 saturated carbocycles. The Bertz CT molecular complexity index is 686. The minimum absolute atomic E-state index is 0.536. The summed E-state index contributed by atoms with van der Waals surface area (Å²) >= 11 is 0. The van der Waals surface area contributed by atoms with Gasteiger partial charge in [0.1, 0.15) is 0 Å². The highest BCUT2D eigenvalue weighted by atomic mass is 19.4. The summed E-state index contributed by atoms with van der Waals surface area (Å²) < 4.78 is 37.8. The maximum absolute atomic E-state index is 12.6. The number of alkyl halides is 3. The molecule has 0 N–H and O–H groups in total. The second-order valence-electron chi connectivity index (χ2n) is 4.75. The maximum atomic E-state index is 12.6. The van der Waals surface area contributed by atoms with Crippen molar-refractivity contribution in [1.29, 1.82) is 0 Å². The van der Waals surface area contributed by atoms with Crippen LogP contribution in [0, 0.1) is 0 Å². The molecule has 0 bridgehead atoms. The molecular formula is C19H15F3. The lowest BCUT2D eigenvalue weighted by Gasteiger charge is -2.08. The first-order chi connectivity index (χ1) is 10.5. The topological polar surface area (TPSA) is 0 Å². The van der Waals surface area contributed by atoms with Crippen molar-refractivity contribution in [3.05, 3.63) is 89.7 Å². The van der Waals surface area contributed by atoms with Crippen LogP contribution in [-0.4, -0.2) is 0 Å². The SMILES string of the molecule is C=CCC(=C=Cc1ccccc1)c1ccc(C(F)(F)F)cc1. The normalized spacial score (nSPS) is 10.7. The van der Waals surface area contributed by atoms with Gasteiger partial charge in [0.05, 0.1) is 5.56 Å². The zero-order valence-electron chi connectivity index (χ0n) is 11.9. The van der Waals surface area contributed by atoms with E-state index < -0.39 is 11.7 Å². The van der Waals surface area contributed by atoms with Crippen LogP contribution in [0.2, 0.25) is 0 Å². The van der Waals surface area contributed by atoms with Crippen LogP contribution in [0.15, 0.2) is 73.0 Å². The number of hydrogen-bond acceptors (Lipinski definition) is 0. The van der Waals surface area contributed by atoms with Gasteiger partial charge < -0.3 is 0 Å². The summed E-state index contributed by atoms with van der Waals surface area (Å²) in [5.74, 6) is 0. The summed E-state index contributed by atoms with van der Waals surface area (Å²) in [7, 11) is 0. The molecule has 0 aromatic heterocycles. The smallest absolute Gasteiger partial charge is 0.166 e. The Morgan fingerprint density at radius 1 is 1.00 bits per heavy atom. The first-order valence-electron chi connectivity index (χ1n) is 6.80. The van der Waals surface area contributed by atoms with Crippen molar-refractivity contribution in [3.8, 4) is 0 Å². The van der Waals surface area contributed by atoms with E-state index in [2.05, 4.69) is 12.3 Å². The molecule has 0 radical (unpaired) electrons. The van der Waals surface area contributed by atoms with Crippen LogP contribution >= 0.6 is 0 Å². The summed E-state index contributed by atoms with van der Waals surface area (Å²) in [6.45, 7) is 3.68. The van der Waals surface area contributed by atoms with E-state index in [4.69, 9.17) is 0 Å². The molecule has 2 aromatic rings. The Hall–Kier alpha value is -2.51. The first kappa shape index (κ1) is 15.9. The van der Waals surface area contributed by atoms with Crippen LogP contribution in [-0.2, 0) is 6.18 Å². The van der Waals surface area contributed by atoms with Crippen LogP contribution in [0.3, 0.4) is 0 Å². The highest BCUT2D eigenvalue weighted by molar-refractivity contribution is 5.70. The van der Waals surface area contributed by atoms with Crippen LogP contribution in [0.1, 0.15) is 23.1 Å². The minimum Gasteiger partial charge on any atom is -0.166 e. The van der Waals surface area contributed by atoms with Gasteiger partial charge in [0.25, 0.3) is 0 Å². The molecule has 2 rings (SSSR count). The molecule has 0 unspecified atom stereocenters. The second kappa shape index (κ2) is 6.97. The fourth-order valence-corrected chi connectivity index (χ4v) is 1.98. The van der Waals surface area contributed by atoms with Crippen molar-refractivity contribution < 1.29 is 13.2 Å². The number of allylic oxidation sites excluding steroid dienone is 2. The van der Waals surface area contributed by atoms with Gasteiger partial charge in [0.2, 0.25) is 0 Å². The van der Waals surface area contributed by atoms with Gasteiger partial charge in [0, 0.05) is 5.57 Å². The third-order valence-corrected chi connectivity index (χ3v) is 3.12. The monoisotopic (exact) mass is 300 g/mol. The summed E-state index contributed by atoms with van der Waals surface area (Å²) in [5.41, 5.74) is 4.99. The molecule has 0 atom stereocenters. The van der Waals surface area contributed by atoms with Crippen molar-refractivity contribution in [2.45, 2.75) is 12.6 Å². The van der Waals surface area contributed by atoms with Crippen LogP contribution in [0.5, 0.6) is 0 Å². The number of halogens is 3. The average Bonchev–Trinajstić information content (AvgIpc) is 2.52. The number of benzene rings is 2. The molecule has 112 valence electrons. The third kappa shape index (κ3) is 4.24. The fraction of sp³-hybridized carbons (Fsp3) is 0.105. The van der Waals surface area contributed by atoms with E-state index in [1.165, 1.54) is 12.1 Å². The highest BCUT2D eigenvalue weighted by Crippen LogP contribution is 2.30. The van der Waals surface area contributed by atoms with E-state index in [1.807, 2.05) is 36.4 Å². The molecule has 2 aromatic carbocycles. The van der Waals surface area contributed by atoms with Gasteiger partial charge in [-0.2, -0.15) is 13.2 Å². The zero-order chi connectivity index (χ0) is 16.0. The fourth-order valence-electron chi connectivity index (χ4n) is 1.98. The summed E-state index contributed by atoms with van der Waals surface area (Å²) in [6.07, 6.45) is -0.259. The van der Waals surface area contributed by atoms with Crippen molar-refractivity contribution in [3.63, 3.8) is 0 Å². The second-order valence-corrected chi connectivity index (χ2v) is 4.75. The molecule has 0 nitrogen and oxygen atoms in total. The van der Waals surface area contributed by atoms with E-state index in [9.17, 15) is 13.2 Å². The zero-order valence-corrected chi connectivity index (χ0v) is 11.9. The van der Waals surface area contributed by atoms with Crippen molar-refractivity contribution in [2.24, 2.45) is 0 Å². The lowest BCUT2D eigenvalue weighted by molar-refractivity contribution is -0.137. The van der Waals surface area contributed by atoms with E-state index in [0.717, 1.165) is 23.3 Å². The summed E-state index contributed by atoms with van der Waals surface area (Å²) in [5, 5.41) is 0. The molecule has 0 spiro atoms. The van der Waals surface area contributed by atoms with Crippen LogP contribution in [0.4, 0.5) is 13.2 Å². The largest absolute Gasteiger partial charge is 0.416 e. The Morgan fingerprint density at radius 3 is 2.18 bits per heavy atom. The number of rotatable bonds is 4. The molecule has 0 heterocycles. The molecule has 0 aliphatic carbocycles. The molecule has 0 fully saturated rings. The van der Waals surface area contributed by atoms with Crippen LogP contribution in [0.25, 0.3) is 11.6 Å². The third-order valence-electron chi connectivity index (χ3n) is 3.12. The van der Waals surface area contributed by atoms with Gasteiger partial charge in [-0.25, -0.2) is 0 Å². The van der Waals surface area contributed by atoms with Gasteiger partial charge in [-0.15, -0.1) is 12.3 Å². The molecule has 0 amide bonds. The Kier molecular flexibility index (Phi) is 5.03. The van der Waals surface area contributed by atoms with E-state index >= 15 is 0 Å².